The second kappa shape index (κ2) is 13.5. The first kappa shape index (κ1) is 29.9. The van der Waals surface area contributed by atoms with Crippen molar-refractivity contribution in [1.29, 1.82) is 0 Å². The van der Waals surface area contributed by atoms with Gasteiger partial charge in [-0.15, -0.1) is 0 Å². The van der Waals surface area contributed by atoms with Crippen molar-refractivity contribution in [3.63, 3.8) is 0 Å². The van der Waals surface area contributed by atoms with Crippen LogP contribution >= 0.6 is 0 Å². The highest BCUT2D eigenvalue weighted by Crippen LogP contribution is 2.44. The van der Waals surface area contributed by atoms with Crippen LogP contribution < -0.4 is 25.2 Å². The van der Waals surface area contributed by atoms with Gasteiger partial charge in [0.15, 0.2) is 0 Å². The van der Waals surface area contributed by atoms with Crippen LogP contribution in [0.5, 0.6) is 11.5 Å². The molecule has 214 valence electrons. The molecule has 7 heteroatoms. The van der Waals surface area contributed by atoms with Gasteiger partial charge in [-0.1, -0.05) is 112 Å². The summed E-state index contributed by atoms with van der Waals surface area (Å²) in [4.78, 5) is 12.2. The lowest BCUT2D eigenvalue weighted by molar-refractivity contribution is -0.137. The van der Waals surface area contributed by atoms with Crippen molar-refractivity contribution in [1.82, 2.24) is 0 Å². The predicted octanol–water partition coefficient (Wildman–Crippen LogP) is 5.45. The second-order valence-electron chi connectivity index (χ2n) is 11.1. The molecule has 2 N–H and O–H groups in total. The molecule has 0 radical (unpaired) electrons. The lowest BCUT2D eigenvalue weighted by Crippen LogP contribution is -2.47. The molecule has 0 saturated carbocycles. The van der Waals surface area contributed by atoms with Crippen LogP contribution in [0.4, 0.5) is 5.69 Å². The van der Waals surface area contributed by atoms with Gasteiger partial charge in [0, 0.05) is 6.42 Å². The Morgan fingerprint density at radius 1 is 0.805 bits per heavy atom. The van der Waals surface area contributed by atoms with E-state index in [0.717, 1.165) is 11.1 Å². The monoisotopic (exact) mass is 569 g/mol. The first-order valence-corrected chi connectivity index (χ1v) is 15.4. The number of carboxylic acid groups (broad SMARTS) is 1. The van der Waals surface area contributed by atoms with Gasteiger partial charge in [0.1, 0.15) is 23.2 Å². The summed E-state index contributed by atoms with van der Waals surface area (Å²) in [5.41, 5.74) is 2.04. The Hall–Kier alpha value is -4.07. The van der Waals surface area contributed by atoms with Crippen LogP contribution in [0.1, 0.15) is 38.0 Å². The minimum absolute atomic E-state index is 0.267. The van der Waals surface area contributed by atoms with Gasteiger partial charge in [0.25, 0.3) is 0 Å². The number of anilines is 1. The van der Waals surface area contributed by atoms with Crippen LogP contribution in [-0.4, -0.2) is 40.4 Å². The maximum atomic E-state index is 12.2. The van der Waals surface area contributed by atoms with Gasteiger partial charge in [0.2, 0.25) is 9.04 Å². The minimum Gasteiger partial charge on any atom is -0.494 e. The van der Waals surface area contributed by atoms with Crippen LogP contribution in [0.25, 0.3) is 0 Å². The third kappa shape index (κ3) is 7.57. The van der Waals surface area contributed by atoms with Gasteiger partial charge in [0.05, 0.1) is 20.3 Å². The number of hydrogen-bond acceptors (Lipinski definition) is 5. The molecule has 0 spiro atoms. The Morgan fingerprint density at radius 3 is 1.68 bits per heavy atom. The molecule has 0 fully saturated rings. The molecule has 0 aromatic heterocycles. The smallest absolute Gasteiger partial charge is 0.326 e. The largest absolute Gasteiger partial charge is 0.494 e. The molecule has 0 aliphatic carbocycles. The van der Waals surface area contributed by atoms with Crippen LogP contribution in [0.3, 0.4) is 0 Å². The van der Waals surface area contributed by atoms with Gasteiger partial charge in [-0.25, -0.2) is 4.79 Å². The van der Waals surface area contributed by atoms with Crippen molar-refractivity contribution in [2.45, 2.75) is 39.3 Å². The molecule has 0 saturated heterocycles. The fourth-order valence-electron chi connectivity index (χ4n) is 4.97. The van der Waals surface area contributed by atoms with E-state index in [4.69, 9.17) is 13.9 Å². The number of nitrogens with one attached hydrogen (secondary N) is 1. The lowest BCUT2D eigenvalue weighted by atomic mass is 9.84. The second-order valence-corrected chi connectivity index (χ2v) is 13.5. The summed E-state index contributed by atoms with van der Waals surface area (Å²) in [6, 6.07) is 33.3. The number of ether oxygens (including phenoxy) is 2. The van der Waals surface area contributed by atoms with Crippen molar-refractivity contribution in [2.75, 3.05) is 19.5 Å². The molecule has 4 rings (SSSR count). The number of carboxylic acids is 1. The molecule has 0 bridgehead atoms. The first-order valence-electron chi connectivity index (χ1n) is 13.8. The van der Waals surface area contributed by atoms with Crippen LogP contribution in [-0.2, 0) is 15.6 Å². The highest BCUT2D eigenvalue weighted by Gasteiger charge is 2.34. The lowest BCUT2D eigenvalue weighted by Gasteiger charge is -2.35. The number of carbonyl (C=O) groups is 1. The molecule has 1 unspecified atom stereocenters. The number of rotatable bonds is 12. The van der Waals surface area contributed by atoms with Crippen molar-refractivity contribution in [2.24, 2.45) is 5.41 Å². The maximum absolute atomic E-state index is 12.2. The van der Waals surface area contributed by atoms with E-state index < -0.39 is 21.1 Å². The maximum Gasteiger partial charge on any atom is 0.326 e. The van der Waals surface area contributed by atoms with E-state index in [9.17, 15) is 9.90 Å². The van der Waals surface area contributed by atoms with E-state index in [0.29, 0.717) is 23.6 Å². The van der Waals surface area contributed by atoms with Gasteiger partial charge in [-0.2, -0.15) is 0 Å². The molecule has 6 nitrogen and oxygen atoms in total. The van der Waals surface area contributed by atoms with Crippen molar-refractivity contribution in [3.05, 3.63) is 114 Å². The fourth-order valence-corrected chi connectivity index (χ4v) is 7.65. The zero-order valence-electron chi connectivity index (χ0n) is 24.3. The summed E-state index contributed by atoms with van der Waals surface area (Å²) in [7, 11) is 1.07. The molecule has 0 amide bonds. The van der Waals surface area contributed by atoms with E-state index in [1.54, 1.807) is 14.2 Å². The van der Waals surface area contributed by atoms with Gasteiger partial charge >= 0.3 is 5.97 Å². The minimum atomic E-state index is -2.09. The van der Waals surface area contributed by atoms with Crippen LogP contribution in [0.15, 0.2) is 103 Å². The van der Waals surface area contributed by atoms with Crippen molar-refractivity contribution in [3.8, 4) is 11.5 Å². The third-order valence-electron chi connectivity index (χ3n) is 6.99. The van der Waals surface area contributed by atoms with Crippen LogP contribution in [0.2, 0.25) is 0 Å². The summed E-state index contributed by atoms with van der Waals surface area (Å²) < 4.78 is 18.8. The molecule has 4 aromatic rings. The zero-order chi connectivity index (χ0) is 29.4. The molecule has 0 aliphatic rings. The van der Waals surface area contributed by atoms with E-state index in [1.807, 2.05) is 54.6 Å². The highest BCUT2D eigenvalue weighted by molar-refractivity contribution is 6.80. The van der Waals surface area contributed by atoms with E-state index in [-0.39, 0.29) is 11.5 Å². The van der Waals surface area contributed by atoms with Gasteiger partial charge in [-0.3, -0.25) is 0 Å². The Labute approximate surface area is 244 Å². The fraction of sp³-hybridized carbons (Fsp3) is 0.265. The Morgan fingerprint density at radius 2 is 1.27 bits per heavy atom. The van der Waals surface area contributed by atoms with E-state index >= 15 is 0 Å². The summed E-state index contributed by atoms with van der Waals surface area (Å²) in [6.07, 6.45) is 0.00960. The molecular formula is C34H39NO5Si. The predicted molar refractivity (Wildman–Crippen MR) is 167 cm³/mol. The number of benzene rings is 4. The molecule has 0 aliphatic heterocycles. The summed E-state index contributed by atoms with van der Waals surface area (Å²) in [6.45, 7) is 6.47. The number of aliphatic carboxylic acids is 1. The standard InChI is InChI=1S/C34H39NO5Si/c1-34(2,3)32(40-41(26-17-11-7-12-18-26)27-19-13-8-14-20-27)25-22-29(38-4)31(30(23-25)39-5)35-28(33(36)37)21-24-15-9-6-10-16-24/h6-20,22-23,28,32,35,41H,21H2,1-5H3,(H,36,37)/t28-,32?/m0/s1. The van der Waals surface area contributed by atoms with Gasteiger partial charge < -0.3 is 24.3 Å². The third-order valence-corrected chi connectivity index (χ3v) is 9.52. The normalized spacial score (nSPS) is 12.9. The number of methoxy groups -OCH3 is 2. The van der Waals surface area contributed by atoms with E-state index in [2.05, 4.69) is 74.6 Å². The van der Waals surface area contributed by atoms with E-state index in [1.165, 1.54) is 10.4 Å². The first-order chi connectivity index (χ1) is 19.7. The molecule has 4 aromatic carbocycles. The Kier molecular flexibility index (Phi) is 9.86. The molecule has 0 heterocycles. The Balaban J connectivity index is 1.74. The number of hydrogen-bond donors (Lipinski definition) is 2. The molecule has 2 atom stereocenters. The topological polar surface area (TPSA) is 77.0 Å². The Bertz CT molecular complexity index is 1340. The summed E-state index contributed by atoms with van der Waals surface area (Å²) in [5.74, 6) is 0.0285. The zero-order valence-corrected chi connectivity index (χ0v) is 25.5. The van der Waals surface area contributed by atoms with Crippen LogP contribution in [0, 0.1) is 5.41 Å². The molecule has 41 heavy (non-hydrogen) atoms. The summed E-state index contributed by atoms with van der Waals surface area (Å²) >= 11 is 0. The summed E-state index contributed by atoms with van der Waals surface area (Å²) in [5, 5.41) is 15.6. The highest BCUT2D eigenvalue weighted by atomic mass is 28.3. The SMILES string of the molecule is COc1cc(C(O[SiH](c2ccccc2)c2ccccc2)C(C)(C)C)cc(OC)c1N[C@@H](Cc1ccccc1)C(=O)O. The van der Waals surface area contributed by atoms with Crippen molar-refractivity contribution >= 4 is 31.1 Å². The molecular weight excluding hydrogens is 530 g/mol. The average Bonchev–Trinajstić information content (AvgIpc) is 2.98. The van der Waals surface area contributed by atoms with Gasteiger partial charge in [-0.05, 0) is 39.0 Å². The average molecular weight is 570 g/mol. The van der Waals surface area contributed by atoms with Crippen molar-refractivity contribution < 1.29 is 23.8 Å². The quantitative estimate of drug-likeness (QED) is 0.221.